The average Bonchev–Trinajstić information content (AvgIpc) is 2.83. The first-order chi connectivity index (χ1) is 11.5. The number of hydrogen-bond acceptors (Lipinski definition) is 4. The predicted molar refractivity (Wildman–Crippen MR) is 81.4 cm³/mol. The molecule has 1 aliphatic rings. The smallest absolute Gasteiger partial charge is 0.310 e. The van der Waals surface area contributed by atoms with Crippen LogP contribution in [0.1, 0.15) is 21.5 Å². The predicted octanol–water partition coefficient (Wildman–Crippen LogP) is 3.25. The third kappa shape index (κ3) is 3.30. The van der Waals surface area contributed by atoms with Crippen molar-refractivity contribution in [1.29, 1.82) is 0 Å². The first-order valence-electron chi connectivity index (χ1n) is 6.99. The fourth-order valence-electron chi connectivity index (χ4n) is 2.44. The fourth-order valence-corrected chi connectivity index (χ4v) is 2.44. The van der Waals surface area contributed by atoms with Crippen LogP contribution in [-0.2, 0) is 15.7 Å². The zero-order valence-electron chi connectivity index (χ0n) is 12.7. The minimum atomic E-state index is -3.01. The molecule has 0 unspecified atom stereocenters. The molecule has 0 saturated heterocycles. The van der Waals surface area contributed by atoms with E-state index in [1.54, 1.807) is 30.3 Å². The molecule has 0 bridgehead atoms. The molecule has 0 radical (unpaired) electrons. The molecular formula is C17H14F3NO3. The summed E-state index contributed by atoms with van der Waals surface area (Å²) >= 11 is 0. The molecule has 4 nitrogen and oxygen atoms in total. The van der Waals surface area contributed by atoms with Crippen molar-refractivity contribution in [3.8, 4) is 11.1 Å². The molecule has 0 saturated carbocycles. The average molecular weight is 337 g/mol. The lowest BCUT2D eigenvalue weighted by Crippen LogP contribution is -2.18. The maximum atomic E-state index is 14.1. The van der Waals surface area contributed by atoms with Gasteiger partial charge in [0.25, 0.3) is 5.92 Å². The Morgan fingerprint density at radius 3 is 2.42 bits per heavy atom. The molecule has 1 N–H and O–H groups in total. The van der Waals surface area contributed by atoms with Crippen LogP contribution in [-0.4, -0.2) is 25.8 Å². The Hall–Kier alpha value is -2.67. The normalized spacial score (nSPS) is 13.2. The Kier molecular flexibility index (Phi) is 5.35. The van der Waals surface area contributed by atoms with Gasteiger partial charge in [0.2, 0.25) is 0 Å². The molecule has 0 aliphatic heterocycles. The van der Waals surface area contributed by atoms with Gasteiger partial charge in [-0.25, -0.2) is 4.79 Å². The van der Waals surface area contributed by atoms with Crippen LogP contribution >= 0.6 is 0 Å². The summed E-state index contributed by atoms with van der Waals surface area (Å²) in [5.41, 5.74) is 1.26. The summed E-state index contributed by atoms with van der Waals surface area (Å²) in [4.78, 5) is 23.2. The maximum Gasteiger partial charge on any atom is 0.362 e. The van der Waals surface area contributed by atoms with Gasteiger partial charge >= 0.3 is 5.97 Å². The van der Waals surface area contributed by atoms with Crippen LogP contribution < -0.4 is 5.32 Å². The third-order valence-electron chi connectivity index (χ3n) is 3.48. The number of hydrogen-bond donors (Lipinski definition) is 1. The standard InChI is InChI=1S/C14H8F2O.C3H6FNO2/c15-14(16)12-4-2-1-3-10(12)11-6-5-9(8-17)7-13(11)14;1-5-2-3(6)7-4/h1-8H;5H,2H2,1H3. The minimum absolute atomic E-state index is 0.0121. The van der Waals surface area contributed by atoms with Crippen molar-refractivity contribution in [3.63, 3.8) is 0 Å². The minimum Gasteiger partial charge on any atom is -0.310 e. The molecule has 0 amide bonds. The summed E-state index contributed by atoms with van der Waals surface area (Å²) in [7, 11) is 1.52. The van der Waals surface area contributed by atoms with E-state index in [0.717, 1.165) is 0 Å². The highest BCUT2D eigenvalue weighted by Crippen LogP contribution is 2.50. The number of benzene rings is 2. The van der Waals surface area contributed by atoms with Gasteiger partial charge in [-0.2, -0.15) is 8.78 Å². The van der Waals surface area contributed by atoms with Crippen molar-refractivity contribution in [3.05, 3.63) is 59.2 Å². The van der Waals surface area contributed by atoms with Crippen LogP contribution in [0.4, 0.5) is 13.3 Å². The molecule has 24 heavy (non-hydrogen) atoms. The van der Waals surface area contributed by atoms with Crippen LogP contribution in [0.15, 0.2) is 42.5 Å². The summed E-state index contributed by atoms with van der Waals surface area (Å²) in [6, 6.07) is 10.8. The van der Waals surface area contributed by atoms with Gasteiger partial charge in [-0.15, -0.1) is 0 Å². The van der Waals surface area contributed by atoms with Gasteiger partial charge < -0.3 is 5.32 Å². The van der Waals surface area contributed by atoms with Crippen LogP contribution in [0.25, 0.3) is 11.1 Å². The quantitative estimate of drug-likeness (QED) is 0.874. The summed E-state index contributed by atoms with van der Waals surface area (Å²) in [5.74, 6) is -3.91. The SMILES string of the molecule is CNCC(=O)OF.O=Cc1ccc2c(c1)C(F)(F)c1ccccc1-2. The number of carbonyl (C=O) groups is 2. The zero-order chi connectivity index (χ0) is 17.7. The Balaban J connectivity index is 0.000000256. The number of fused-ring (bicyclic) bond motifs is 3. The van der Waals surface area contributed by atoms with E-state index in [1.807, 2.05) is 0 Å². The van der Waals surface area contributed by atoms with E-state index in [1.165, 1.54) is 19.2 Å². The monoisotopic (exact) mass is 337 g/mol. The van der Waals surface area contributed by atoms with Crippen molar-refractivity contribution < 1.29 is 27.8 Å². The maximum absolute atomic E-state index is 14.1. The van der Waals surface area contributed by atoms with E-state index in [4.69, 9.17) is 0 Å². The zero-order valence-corrected chi connectivity index (χ0v) is 12.7. The van der Waals surface area contributed by atoms with Crippen molar-refractivity contribution in [1.82, 2.24) is 5.32 Å². The molecule has 0 atom stereocenters. The second-order valence-corrected chi connectivity index (χ2v) is 5.02. The largest absolute Gasteiger partial charge is 0.362 e. The number of aldehydes is 1. The number of rotatable bonds is 3. The van der Waals surface area contributed by atoms with Gasteiger partial charge in [0, 0.05) is 21.2 Å². The highest BCUT2D eigenvalue weighted by Gasteiger charge is 2.44. The summed E-state index contributed by atoms with van der Waals surface area (Å²) in [6.45, 7) is -0.0868. The van der Waals surface area contributed by atoms with Gasteiger partial charge in [-0.1, -0.05) is 36.4 Å². The molecule has 1 aliphatic carbocycles. The van der Waals surface area contributed by atoms with E-state index in [0.29, 0.717) is 17.4 Å². The van der Waals surface area contributed by atoms with E-state index in [-0.39, 0.29) is 23.2 Å². The van der Waals surface area contributed by atoms with Gasteiger partial charge in [-0.05, 0) is 24.2 Å². The number of halogens is 3. The summed E-state index contributed by atoms with van der Waals surface area (Å²) in [5, 5.41) is 2.40. The number of nitrogens with one attached hydrogen (secondary N) is 1. The first-order valence-corrected chi connectivity index (χ1v) is 6.99. The topological polar surface area (TPSA) is 55.4 Å². The van der Waals surface area contributed by atoms with E-state index >= 15 is 0 Å². The van der Waals surface area contributed by atoms with Gasteiger partial charge in [0.15, 0.2) is 0 Å². The second-order valence-electron chi connectivity index (χ2n) is 5.02. The molecule has 0 spiro atoms. The third-order valence-corrected chi connectivity index (χ3v) is 3.48. The van der Waals surface area contributed by atoms with Crippen molar-refractivity contribution in [2.45, 2.75) is 5.92 Å². The molecular weight excluding hydrogens is 323 g/mol. The summed E-state index contributed by atoms with van der Waals surface area (Å²) < 4.78 is 38.9. The molecule has 0 heterocycles. The van der Waals surface area contributed by atoms with Gasteiger partial charge in [-0.3, -0.25) is 9.74 Å². The molecule has 0 aromatic heterocycles. The lowest BCUT2D eigenvalue weighted by molar-refractivity contribution is -0.182. The Labute approximate surface area is 136 Å². The number of alkyl halides is 2. The van der Waals surface area contributed by atoms with Gasteiger partial charge in [0.1, 0.15) is 6.29 Å². The summed E-state index contributed by atoms with van der Waals surface area (Å²) in [6.07, 6.45) is 0.583. The van der Waals surface area contributed by atoms with Crippen molar-refractivity contribution >= 4 is 12.3 Å². The van der Waals surface area contributed by atoms with Crippen LogP contribution in [0.5, 0.6) is 0 Å². The molecule has 2 aromatic carbocycles. The Morgan fingerprint density at radius 2 is 1.83 bits per heavy atom. The first kappa shape index (κ1) is 17.7. The Morgan fingerprint density at radius 1 is 1.17 bits per heavy atom. The molecule has 0 fully saturated rings. The lowest BCUT2D eigenvalue weighted by atomic mass is 10.0. The molecule has 7 heteroatoms. The van der Waals surface area contributed by atoms with Gasteiger partial charge in [0.05, 0.1) is 6.54 Å². The van der Waals surface area contributed by atoms with E-state index in [2.05, 4.69) is 10.3 Å². The van der Waals surface area contributed by atoms with Crippen molar-refractivity contribution in [2.24, 2.45) is 0 Å². The van der Waals surface area contributed by atoms with E-state index in [9.17, 15) is 22.9 Å². The number of carbonyl (C=O) groups excluding carboxylic acids is 2. The van der Waals surface area contributed by atoms with Crippen molar-refractivity contribution in [2.75, 3.05) is 13.6 Å². The molecule has 126 valence electrons. The lowest BCUT2D eigenvalue weighted by Gasteiger charge is -2.11. The number of likely N-dealkylation sites (N-methyl/N-ethyl adjacent to an activating group) is 1. The molecule has 3 rings (SSSR count). The molecule has 2 aromatic rings. The van der Waals surface area contributed by atoms with Crippen LogP contribution in [0, 0.1) is 0 Å². The highest BCUT2D eigenvalue weighted by atomic mass is 19.3. The second kappa shape index (κ2) is 7.27. The van der Waals surface area contributed by atoms with Crippen LogP contribution in [0.2, 0.25) is 0 Å². The Bertz CT molecular complexity index is 762. The fraction of sp³-hybridized carbons (Fsp3) is 0.176. The van der Waals surface area contributed by atoms with E-state index < -0.39 is 11.9 Å². The van der Waals surface area contributed by atoms with Crippen LogP contribution in [0.3, 0.4) is 0 Å². The highest BCUT2D eigenvalue weighted by molar-refractivity contribution is 5.84.